The molecule has 32 heavy (non-hydrogen) atoms. The van der Waals surface area contributed by atoms with Gasteiger partial charge in [0.1, 0.15) is 5.82 Å². The van der Waals surface area contributed by atoms with E-state index in [1.807, 2.05) is 28.8 Å². The summed E-state index contributed by atoms with van der Waals surface area (Å²) in [7, 11) is 0. The number of nitrogens with two attached hydrogens (primary N) is 1. The Kier molecular flexibility index (Phi) is 5.12. The lowest BCUT2D eigenvalue weighted by Crippen LogP contribution is -2.11. The SMILES string of the molecule is NC(=O)c1cccc2c1c1[c]cc(-c3ccc(Cl)cc3Cl)cc1n2Cc1ccccc1F. The topological polar surface area (TPSA) is 48.0 Å². The third kappa shape index (κ3) is 3.42. The van der Waals surface area contributed by atoms with E-state index in [4.69, 9.17) is 28.9 Å². The van der Waals surface area contributed by atoms with E-state index < -0.39 is 5.91 Å². The van der Waals surface area contributed by atoms with E-state index in [1.54, 1.807) is 42.5 Å². The molecule has 1 heterocycles. The zero-order chi connectivity index (χ0) is 22.4. The number of halogens is 3. The van der Waals surface area contributed by atoms with Gasteiger partial charge in [0.05, 0.1) is 17.6 Å². The second-order valence-corrected chi connectivity index (χ2v) is 8.36. The first-order chi connectivity index (χ1) is 15.4. The predicted octanol–water partition coefficient (Wildman–Crippen LogP) is 6.85. The van der Waals surface area contributed by atoms with Crippen molar-refractivity contribution in [2.75, 3.05) is 0 Å². The molecule has 0 fully saturated rings. The van der Waals surface area contributed by atoms with Crippen LogP contribution < -0.4 is 5.73 Å². The molecule has 1 amide bonds. The van der Waals surface area contributed by atoms with Gasteiger partial charge in [-0.15, -0.1) is 0 Å². The van der Waals surface area contributed by atoms with Crippen LogP contribution in [-0.4, -0.2) is 10.5 Å². The van der Waals surface area contributed by atoms with Crippen molar-refractivity contribution in [3.63, 3.8) is 0 Å². The molecular weight excluding hydrogens is 446 g/mol. The fourth-order valence-corrected chi connectivity index (χ4v) is 4.63. The molecule has 0 spiro atoms. The van der Waals surface area contributed by atoms with Crippen molar-refractivity contribution in [2.24, 2.45) is 5.73 Å². The van der Waals surface area contributed by atoms with Crippen molar-refractivity contribution in [2.45, 2.75) is 6.54 Å². The summed E-state index contributed by atoms with van der Waals surface area (Å²) in [6.07, 6.45) is 0. The van der Waals surface area contributed by atoms with E-state index in [9.17, 15) is 9.18 Å². The highest BCUT2D eigenvalue weighted by Crippen LogP contribution is 2.37. The minimum Gasteiger partial charge on any atom is -0.366 e. The molecule has 0 aliphatic heterocycles. The number of amides is 1. The Labute approximate surface area is 193 Å². The average molecular weight is 462 g/mol. The summed E-state index contributed by atoms with van der Waals surface area (Å²) >= 11 is 12.5. The first-order valence-electron chi connectivity index (χ1n) is 9.89. The lowest BCUT2D eigenvalue weighted by Gasteiger charge is -2.10. The van der Waals surface area contributed by atoms with Gasteiger partial charge in [-0.05, 0) is 54.1 Å². The number of carbonyl (C=O) groups excluding carboxylic acids is 1. The maximum atomic E-state index is 14.5. The molecule has 2 N–H and O–H groups in total. The first kappa shape index (κ1) is 20.6. The summed E-state index contributed by atoms with van der Waals surface area (Å²) in [4.78, 5) is 12.2. The molecule has 0 saturated heterocycles. The zero-order valence-electron chi connectivity index (χ0n) is 16.7. The summed E-state index contributed by atoms with van der Waals surface area (Å²) in [6.45, 7) is 0.278. The molecule has 0 unspecified atom stereocenters. The monoisotopic (exact) mass is 461 g/mol. The molecule has 0 aliphatic rings. The molecule has 4 aromatic carbocycles. The summed E-state index contributed by atoms with van der Waals surface area (Å²) < 4.78 is 16.5. The molecule has 1 radical (unpaired) electrons. The molecule has 0 aliphatic carbocycles. The van der Waals surface area contributed by atoms with E-state index in [2.05, 4.69) is 6.07 Å². The standard InChI is InChI=1S/C26H16Cl2FN2O/c27-17-9-11-18(21(28)13-17)15-8-10-19-24(12-15)31(14-16-4-1-2-6-22(16)29)23-7-3-5-20(25(19)23)26(30)32/h1-9,11-13H,14H2,(H2,30,32). The Balaban J connectivity index is 1.82. The predicted molar refractivity (Wildman–Crippen MR) is 128 cm³/mol. The fraction of sp³-hybridized carbons (Fsp3) is 0.0385. The van der Waals surface area contributed by atoms with E-state index in [0.29, 0.717) is 26.6 Å². The van der Waals surface area contributed by atoms with Crippen molar-refractivity contribution < 1.29 is 9.18 Å². The zero-order valence-corrected chi connectivity index (χ0v) is 18.2. The lowest BCUT2D eigenvalue weighted by molar-refractivity contribution is 0.100. The van der Waals surface area contributed by atoms with E-state index in [0.717, 1.165) is 27.5 Å². The highest BCUT2D eigenvalue weighted by Gasteiger charge is 2.18. The van der Waals surface area contributed by atoms with Gasteiger partial charge in [-0.1, -0.05) is 53.5 Å². The van der Waals surface area contributed by atoms with Gasteiger partial charge in [-0.2, -0.15) is 0 Å². The van der Waals surface area contributed by atoms with Crippen molar-refractivity contribution >= 4 is 50.9 Å². The minimum atomic E-state index is -0.529. The second-order valence-electron chi connectivity index (χ2n) is 7.51. The Morgan fingerprint density at radius 3 is 2.56 bits per heavy atom. The van der Waals surface area contributed by atoms with Crippen LogP contribution in [0.1, 0.15) is 15.9 Å². The fourth-order valence-electron chi connectivity index (χ4n) is 4.11. The van der Waals surface area contributed by atoms with Crippen LogP contribution in [0.25, 0.3) is 32.9 Å². The number of rotatable bonds is 4. The van der Waals surface area contributed by atoms with Crippen LogP contribution in [0.15, 0.2) is 72.8 Å². The molecule has 0 saturated carbocycles. The van der Waals surface area contributed by atoms with Crippen LogP contribution in [0.2, 0.25) is 10.0 Å². The van der Waals surface area contributed by atoms with E-state index >= 15 is 0 Å². The van der Waals surface area contributed by atoms with Crippen LogP contribution in [0.3, 0.4) is 0 Å². The highest BCUT2D eigenvalue weighted by molar-refractivity contribution is 6.36. The average Bonchev–Trinajstić information content (AvgIpc) is 3.08. The van der Waals surface area contributed by atoms with Crippen LogP contribution in [0, 0.1) is 11.9 Å². The van der Waals surface area contributed by atoms with Crippen LogP contribution in [-0.2, 0) is 6.54 Å². The third-order valence-electron chi connectivity index (χ3n) is 5.59. The number of hydrogen-bond donors (Lipinski definition) is 1. The molecule has 1 aromatic heterocycles. The number of fused-ring (bicyclic) bond motifs is 3. The molecule has 157 valence electrons. The normalized spacial score (nSPS) is 11.3. The number of primary amides is 1. The van der Waals surface area contributed by atoms with Gasteiger partial charge in [-0.25, -0.2) is 4.39 Å². The van der Waals surface area contributed by atoms with Crippen molar-refractivity contribution in [3.8, 4) is 11.1 Å². The van der Waals surface area contributed by atoms with Crippen LogP contribution in [0.4, 0.5) is 4.39 Å². The molecule has 3 nitrogen and oxygen atoms in total. The van der Waals surface area contributed by atoms with Crippen LogP contribution in [0.5, 0.6) is 0 Å². The summed E-state index contributed by atoms with van der Waals surface area (Å²) in [5.41, 5.74) is 9.78. The smallest absolute Gasteiger partial charge is 0.249 e. The summed E-state index contributed by atoms with van der Waals surface area (Å²) in [6, 6.07) is 24.4. The summed E-state index contributed by atoms with van der Waals surface area (Å²) in [5.74, 6) is -0.826. The Bertz CT molecular complexity index is 1520. The number of aromatic nitrogens is 1. The maximum Gasteiger partial charge on any atom is 0.249 e. The molecule has 5 rings (SSSR count). The van der Waals surface area contributed by atoms with Gasteiger partial charge in [-0.3, -0.25) is 4.79 Å². The molecule has 5 aromatic rings. The van der Waals surface area contributed by atoms with E-state index in [1.165, 1.54) is 6.07 Å². The highest BCUT2D eigenvalue weighted by atomic mass is 35.5. The Morgan fingerprint density at radius 1 is 1.00 bits per heavy atom. The van der Waals surface area contributed by atoms with Gasteiger partial charge in [0.25, 0.3) is 0 Å². The van der Waals surface area contributed by atoms with Crippen molar-refractivity contribution in [3.05, 3.63) is 106 Å². The molecular formula is C26H16Cl2FN2O. The quantitative estimate of drug-likeness (QED) is 0.312. The first-order valence-corrected chi connectivity index (χ1v) is 10.6. The number of hydrogen-bond acceptors (Lipinski definition) is 1. The largest absolute Gasteiger partial charge is 0.366 e. The molecule has 0 atom stereocenters. The minimum absolute atomic E-state index is 0.278. The number of carbonyl (C=O) groups is 1. The van der Waals surface area contributed by atoms with Crippen LogP contribution >= 0.6 is 23.2 Å². The van der Waals surface area contributed by atoms with Gasteiger partial charge >= 0.3 is 0 Å². The number of benzene rings is 4. The maximum absolute atomic E-state index is 14.5. The van der Waals surface area contributed by atoms with Gasteiger partial charge in [0, 0.05) is 37.5 Å². The Morgan fingerprint density at radius 2 is 1.81 bits per heavy atom. The Hall–Kier alpha value is -3.34. The third-order valence-corrected chi connectivity index (χ3v) is 6.14. The van der Waals surface area contributed by atoms with Crippen molar-refractivity contribution in [1.29, 1.82) is 0 Å². The van der Waals surface area contributed by atoms with E-state index in [-0.39, 0.29) is 12.4 Å². The second kappa shape index (κ2) is 7.97. The molecule has 0 bridgehead atoms. The summed E-state index contributed by atoms with van der Waals surface area (Å²) in [5, 5.41) is 2.49. The van der Waals surface area contributed by atoms with Gasteiger partial charge in [0.15, 0.2) is 0 Å². The molecule has 6 heteroatoms. The van der Waals surface area contributed by atoms with Gasteiger partial charge < -0.3 is 10.3 Å². The van der Waals surface area contributed by atoms with Crippen molar-refractivity contribution in [1.82, 2.24) is 4.57 Å². The number of nitrogens with zero attached hydrogens (tertiary/aromatic N) is 1. The van der Waals surface area contributed by atoms with Gasteiger partial charge in [0.2, 0.25) is 5.91 Å². The lowest BCUT2D eigenvalue weighted by atomic mass is 10.0.